The third-order valence-corrected chi connectivity index (χ3v) is 7.66. The number of nitrogens with zero attached hydrogens (tertiary/aromatic N) is 8. The predicted octanol–water partition coefficient (Wildman–Crippen LogP) is 4.11. The van der Waals surface area contributed by atoms with Gasteiger partial charge in [-0.25, -0.2) is 9.99 Å². The van der Waals surface area contributed by atoms with E-state index in [1.165, 1.54) is 0 Å². The number of carbonyl (C=O) groups is 1. The number of H-pyrrole nitrogens is 1. The van der Waals surface area contributed by atoms with Crippen LogP contribution in [0.5, 0.6) is 0 Å². The van der Waals surface area contributed by atoms with Gasteiger partial charge in [-0.3, -0.25) is 9.48 Å². The van der Waals surface area contributed by atoms with E-state index in [0.717, 1.165) is 28.2 Å². The summed E-state index contributed by atoms with van der Waals surface area (Å²) in [5, 5.41) is 14.1. The molecule has 14 heteroatoms. The Kier molecular flexibility index (Phi) is 7.34. The van der Waals surface area contributed by atoms with Crippen molar-refractivity contribution in [1.82, 2.24) is 39.9 Å². The van der Waals surface area contributed by atoms with Gasteiger partial charge in [0.15, 0.2) is 0 Å². The van der Waals surface area contributed by atoms with Crippen molar-refractivity contribution in [3.63, 3.8) is 0 Å². The monoisotopic (exact) mass is 729 g/mol. The van der Waals surface area contributed by atoms with E-state index in [4.69, 9.17) is 16.8 Å². The van der Waals surface area contributed by atoms with E-state index in [0.29, 0.717) is 25.1 Å². The molecule has 5 heterocycles. The Balaban J connectivity index is 1.46. The second kappa shape index (κ2) is 10.5. The van der Waals surface area contributed by atoms with Crippen molar-refractivity contribution in [2.75, 3.05) is 6.54 Å². The van der Waals surface area contributed by atoms with Crippen LogP contribution in [-0.2, 0) is 25.9 Å². The molecule has 2 aliphatic rings. The largest absolute Gasteiger partial charge is 0.411 e. The lowest BCUT2D eigenvalue weighted by atomic mass is 9.98. The summed E-state index contributed by atoms with van der Waals surface area (Å²) in [4.78, 5) is 23.1. The minimum atomic E-state index is -0.338. The molecule has 36 heavy (non-hydrogen) atoms. The molecule has 3 aromatic heterocycles. The highest BCUT2D eigenvalue weighted by Crippen LogP contribution is 2.36. The summed E-state index contributed by atoms with van der Waals surface area (Å²) in [6.45, 7) is 2.39. The Morgan fingerprint density at radius 2 is 2.25 bits per heavy atom. The summed E-state index contributed by atoms with van der Waals surface area (Å²) >= 11 is 9.71. The maximum Gasteiger partial charge on any atom is 0.312 e. The van der Waals surface area contributed by atoms with E-state index in [2.05, 4.69) is 87.1 Å². The van der Waals surface area contributed by atoms with E-state index in [1.807, 2.05) is 19.2 Å². The third-order valence-electron chi connectivity index (χ3n) is 6.14. The molecule has 1 amide bonds. The first kappa shape index (κ1) is 25.2. The van der Waals surface area contributed by atoms with Gasteiger partial charge in [0.05, 0.1) is 44.3 Å². The summed E-state index contributed by atoms with van der Waals surface area (Å²) in [5.74, 6) is -0.144. The molecule has 0 spiro atoms. The van der Waals surface area contributed by atoms with Gasteiger partial charge >= 0.3 is 11.8 Å². The highest BCUT2D eigenvalue weighted by Gasteiger charge is 2.36. The topological polar surface area (TPSA) is 121 Å². The molecule has 0 saturated heterocycles. The molecule has 11 nitrogen and oxygen atoms in total. The number of carbonyl (C=O) groups excluding carboxylic acids is 1. The van der Waals surface area contributed by atoms with E-state index in [9.17, 15) is 4.79 Å². The predicted molar refractivity (Wildman–Crippen MR) is 151 cm³/mol. The standard InChI is InChI=1S/C22H21I2N9O2S/c1-12-10-27-31(2)18(12)20-28-29-21(35-20)22(34)32-9-7-14-17(26-11-25-14)16(32)6-5-15-13(19(23)24)4-3-8-33(15)30-36/h3-5,8,10-11,16,19H,6-7,9H2,1-2H3,(H,25,26)/b15-5-/t16-/m0/s1. The number of imidazole rings is 1. The molecule has 0 fully saturated rings. The van der Waals surface area contributed by atoms with Crippen molar-refractivity contribution in [3.8, 4) is 11.6 Å². The van der Waals surface area contributed by atoms with Crippen LogP contribution in [0.1, 0.15) is 40.1 Å². The van der Waals surface area contributed by atoms with Crippen molar-refractivity contribution in [2.45, 2.75) is 27.7 Å². The van der Waals surface area contributed by atoms with Crippen LogP contribution in [0.2, 0.25) is 0 Å². The number of rotatable bonds is 6. The molecule has 0 aliphatic carbocycles. The molecule has 5 rings (SSSR count). The minimum absolute atomic E-state index is 0.0646. The van der Waals surface area contributed by atoms with Crippen LogP contribution in [-0.4, -0.2) is 54.2 Å². The first-order valence-corrected chi connectivity index (χ1v) is 13.9. The summed E-state index contributed by atoms with van der Waals surface area (Å²) < 4.78 is 11.7. The van der Waals surface area contributed by atoms with Crippen LogP contribution in [0.4, 0.5) is 0 Å². The van der Waals surface area contributed by atoms with Crippen LogP contribution in [0.15, 0.2) is 57.1 Å². The molecule has 2 aliphatic heterocycles. The molecular weight excluding hydrogens is 708 g/mol. The van der Waals surface area contributed by atoms with Crippen molar-refractivity contribution in [3.05, 3.63) is 71.1 Å². The summed E-state index contributed by atoms with van der Waals surface area (Å²) in [5.41, 5.74) is 5.40. The number of aryl methyl sites for hydroxylation is 2. The maximum atomic E-state index is 13.6. The van der Waals surface area contributed by atoms with Crippen LogP contribution in [0.3, 0.4) is 0 Å². The molecule has 1 atom stereocenters. The van der Waals surface area contributed by atoms with E-state index >= 15 is 0 Å². The van der Waals surface area contributed by atoms with Gasteiger partial charge < -0.3 is 14.3 Å². The number of aromatic amines is 1. The molecular formula is C22H21I2N9O2S. The number of hydrogen-bond donors (Lipinski definition) is 1. The van der Waals surface area contributed by atoms with Gasteiger partial charge in [0.25, 0.3) is 5.89 Å². The highest BCUT2D eigenvalue weighted by atomic mass is 127. The van der Waals surface area contributed by atoms with Gasteiger partial charge in [-0.15, -0.1) is 10.2 Å². The number of nitrogens with one attached hydrogen (secondary N) is 1. The van der Waals surface area contributed by atoms with E-state index < -0.39 is 0 Å². The quantitative estimate of drug-likeness (QED) is 0.298. The smallest absolute Gasteiger partial charge is 0.312 e. The molecule has 0 saturated carbocycles. The molecule has 3 aromatic rings. The van der Waals surface area contributed by atoms with E-state index in [-0.39, 0.29) is 25.7 Å². The molecule has 0 unspecified atom stereocenters. The molecule has 0 radical (unpaired) electrons. The number of allylic oxidation sites excluding steroid dienone is 3. The first-order chi connectivity index (χ1) is 17.4. The second-order valence-corrected chi connectivity index (χ2v) is 13.3. The Morgan fingerprint density at radius 3 is 2.97 bits per heavy atom. The van der Waals surface area contributed by atoms with E-state index in [1.54, 1.807) is 34.2 Å². The summed E-state index contributed by atoms with van der Waals surface area (Å²) in [6.07, 6.45) is 12.4. The van der Waals surface area contributed by atoms with Crippen LogP contribution >= 0.6 is 45.2 Å². The number of hydrogen-bond acceptors (Lipinski definition) is 8. The van der Waals surface area contributed by atoms with Gasteiger partial charge in [-0.2, -0.15) is 5.10 Å². The SMILES string of the molecule is Cc1cnn(C)c1-c1nnc(C(=O)N2CCc3[nH]cnc3[C@@H]2C/C=C2/C(C(I)I)=CC=CN2N=S)o1. The van der Waals surface area contributed by atoms with Crippen LogP contribution in [0.25, 0.3) is 11.6 Å². The zero-order valence-corrected chi connectivity index (χ0v) is 24.4. The summed E-state index contributed by atoms with van der Waals surface area (Å²) in [7, 11) is 1.79. The van der Waals surface area contributed by atoms with Crippen molar-refractivity contribution < 1.29 is 9.21 Å². The lowest BCUT2D eigenvalue weighted by molar-refractivity contribution is 0.0616. The molecule has 0 aromatic carbocycles. The zero-order valence-electron chi connectivity index (χ0n) is 19.3. The van der Waals surface area contributed by atoms with Crippen molar-refractivity contribution in [2.24, 2.45) is 11.5 Å². The maximum absolute atomic E-state index is 13.6. The van der Waals surface area contributed by atoms with Gasteiger partial charge in [-0.05, 0) is 25.0 Å². The second-order valence-electron chi connectivity index (χ2n) is 8.26. The van der Waals surface area contributed by atoms with Gasteiger partial charge in [-0.1, -0.05) is 61.8 Å². The van der Waals surface area contributed by atoms with Gasteiger partial charge in [0, 0.05) is 37.5 Å². The number of fused-ring (bicyclic) bond motifs is 1. The molecule has 1 N–H and O–H groups in total. The average molecular weight is 729 g/mol. The fraction of sp³-hybridized carbons (Fsp3) is 0.318. The highest BCUT2D eigenvalue weighted by molar-refractivity contribution is 14.2. The number of halogens is 2. The Morgan fingerprint density at radius 1 is 1.42 bits per heavy atom. The van der Waals surface area contributed by atoms with Crippen molar-refractivity contribution in [1.29, 1.82) is 0 Å². The van der Waals surface area contributed by atoms with Crippen LogP contribution < -0.4 is 0 Å². The first-order valence-electron chi connectivity index (χ1n) is 11.0. The molecule has 0 bridgehead atoms. The number of aromatic nitrogens is 6. The normalized spacial score (nSPS) is 18.6. The van der Waals surface area contributed by atoms with Gasteiger partial charge in [0.2, 0.25) is 0 Å². The fourth-order valence-electron chi connectivity index (χ4n) is 4.44. The lowest BCUT2D eigenvalue weighted by Crippen LogP contribution is -2.40. The third kappa shape index (κ3) is 4.65. The summed E-state index contributed by atoms with van der Waals surface area (Å²) in [6, 6.07) is -0.324. The Labute approximate surface area is 239 Å². The van der Waals surface area contributed by atoms with Crippen molar-refractivity contribution >= 4 is 63.5 Å². The zero-order chi connectivity index (χ0) is 25.4. The number of amides is 1. The Hall–Kier alpha value is -2.47. The van der Waals surface area contributed by atoms with Crippen LogP contribution in [0, 0.1) is 6.92 Å². The lowest BCUT2D eigenvalue weighted by Gasteiger charge is -2.34. The number of alkyl halides is 2. The average Bonchev–Trinajstić information content (AvgIpc) is 3.61. The Bertz CT molecular complexity index is 1380. The van der Waals surface area contributed by atoms with Gasteiger partial charge in [0.1, 0.15) is 5.69 Å². The fourth-order valence-corrected chi connectivity index (χ4v) is 5.63. The molecule has 186 valence electrons. The minimum Gasteiger partial charge on any atom is -0.411 e.